The van der Waals surface area contributed by atoms with Gasteiger partial charge < -0.3 is 5.11 Å². The van der Waals surface area contributed by atoms with Crippen molar-refractivity contribution in [1.82, 2.24) is 0 Å². The summed E-state index contributed by atoms with van der Waals surface area (Å²) in [5, 5.41) is 12.9. The Bertz CT molecular complexity index is 509. The molecule has 0 aliphatic carbocycles. The summed E-state index contributed by atoms with van der Waals surface area (Å²) in [4.78, 5) is 0. The highest BCUT2D eigenvalue weighted by molar-refractivity contribution is 5.18. The predicted molar refractivity (Wildman–Crippen MR) is 160 cm³/mol. The maximum atomic E-state index is 12.9. The summed E-state index contributed by atoms with van der Waals surface area (Å²) >= 11 is 0. The Morgan fingerprint density at radius 2 is 1.14 bits per heavy atom. The van der Waals surface area contributed by atoms with E-state index in [4.69, 9.17) is 0 Å². The molecule has 0 amide bonds. The molecule has 0 saturated carbocycles. The molecule has 0 radical (unpaired) electrons. The molecule has 0 aliphatic rings. The fraction of sp³-hybridized carbons (Fsp3) is 0.882. The van der Waals surface area contributed by atoms with Crippen molar-refractivity contribution in [3.63, 3.8) is 0 Å². The van der Waals surface area contributed by atoms with E-state index < -0.39 is 5.60 Å². The van der Waals surface area contributed by atoms with E-state index in [2.05, 4.69) is 60.3 Å². The second-order valence-electron chi connectivity index (χ2n) is 11.6. The van der Waals surface area contributed by atoms with Gasteiger partial charge in [-0.3, -0.25) is 0 Å². The first-order valence-electron chi connectivity index (χ1n) is 15.9. The van der Waals surface area contributed by atoms with Crippen molar-refractivity contribution in [2.45, 2.75) is 182 Å². The maximum absolute atomic E-state index is 12.9. The molecule has 0 aromatic rings. The minimum atomic E-state index is -0.580. The minimum Gasteiger partial charge on any atom is -0.389 e. The molecule has 0 heterocycles. The van der Waals surface area contributed by atoms with Crippen molar-refractivity contribution in [1.29, 1.82) is 0 Å². The van der Waals surface area contributed by atoms with Gasteiger partial charge in [0.25, 0.3) is 0 Å². The zero-order valence-corrected chi connectivity index (χ0v) is 25.2. The van der Waals surface area contributed by atoms with Gasteiger partial charge in [0.2, 0.25) is 0 Å². The van der Waals surface area contributed by atoms with Gasteiger partial charge in [0.1, 0.15) is 0 Å². The molecule has 208 valence electrons. The van der Waals surface area contributed by atoms with E-state index in [1.54, 1.807) is 0 Å². The smallest absolute Gasteiger partial charge is 0.0732 e. The summed E-state index contributed by atoms with van der Waals surface area (Å²) in [5.74, 6) is 0.356. The average Bonchev–Trinajstić information content (AvgIpc) is 2.86. The summed E-state index contributed by atoms with van der Waals surface area (Å²) in [6.45, 7) is 18.0. The number of hydrogen-bond donors (Lipinski definition) is 1. The second-order valence-corrected chi connectivity index (χ2v) is 11.6. The number of unbranched alkanes of at least 4 members (excludes halogenated alkanes) is 10. The normalized spacial score (nSPS) is 15.2. The molecule has 0 saturated heterocycles. The van der Waals surface area contributed by atoms with Gasteiger partial charge in [-0.05, 0) is 50.9 Å². The van der Waals surface area contributed by atoms with Crippen LogP contribution in [-0.4, -0.2) is 10.7 Å². The summed E-state index contributed by atoms with van der Waals surface area (Å²) < 4.78 is 0. The molecule has 1 N–H and O–H groups in total. The molecule has 0 fully saturated rings. The Labute approximate surface area is 222 Å². The molecule has 0 spiro atoms. The lowest BCUT2D eigenvalue weighted by atomic mass is 9.57. The lowest BCUT2D eigenvalue weighted by Crippen LogP contribution is -2.53. The predicted octanol–water partition coefficient (Wildman–Crippen LogP) is 11.7. The van der Waals surface area contributed by atoms with Crippen molar-refractivity contribution in [3.8, 4) is 0 Å². The minimum absolute atomic E-state index is 0.0181. The molecule has 0 bridgehead atoms. The van der Waals surface area contributed by atoms with Crippen LogP contribution in [0.3, 0.4) is 0 Å². The molecular weight excluding hydrogens is 424 g/mol. The highest BCUT2D eigenvalue weighted by Crippen LogP contribution is 2.52. The average molecular weight is 491 g/mol. The Kier molecular flexibility index (Phi) is 21.2. The van der Waals surface area contributed by atoms with E-state index in [9.17, 15) is 5.11 Å². The van der Waals surface area contributed by atoms with Crippen LogP contribution in [0.2, 0.25) is 0 Å². The van der Waals surface area contributed by atoms with Crippen LogP contribution >= 0.6 is 0 Å². The van der Waals surface area contributed by atoms with E-state index in [1.165, 1.54) is 108 Å². The molecule has 35 heavy (non-hydrogen) atoms. The molecule has 2 atom stereocenters. The fourth-order valence-corrected chi connectivity index (χ4v) is 6.18. The first kappa shape index (κ1) is 34.4. The van der Waals surface area contributed by atoms with Crippen LogP contribution in [0.1, 0.15) is 176 Å². The molecule has 1 nitrogen and oxygen atoms in total. The lowest BCUT2D eigenvalue weighted by molar-refractivity contribution is -0.141. The summed E-state index contributed by atoms with van der Waals surface area (Å²) in [5.41, 5.74) is 0.808. The van der Waals surface area contributed by atoms with Crippen molar-refractivity contribution in [2.75, 3.05) is 0 Å². The Morgan fingerprint density at radius 1 is 0.686 bits per heavy atom. The van der Waals surface area contributed by atoms with E-state index in [0.29, 0.717) is 5.92 Å². The summed E-state index contributed by atoms with van der Waals surface area (Å²) in [6, 6.07) is 0. The lowest BCUT2D eigenvalue weighted by Gasteiger charge is -2.52. The van der Waals surface area contributed by atoms with Crippen LogP contribution in [0.4, 0.5) is 0 Å². The van der Waals surface area contributed by atoms with Gasteiger partial charge in [0, 0.05) is 5.41 Å². The van der Waals surface area contributed by atoms with Gasteiger partial charge in [-0.1, -0.05) is 156 Å². The largest absolute Gasteiger partial charge is 0.389 e. The second kappa shape index (κ2) is 21.5. The van der Waals surface area contributed by atoms with E-state index >= 15 is 0 Å². The first-order valence-corrected chi connectivity index (χ1v) is 15.9. The summed E-state index contributed by atoms with van der Waals surface area (Å²) in [7, 11) is 0. The standard InChI is InChI=1S/C34H66O/c1-8-14-19-24-31(7)34(35,29-23-18-12-5)33(27-21-16-10-3,28-22-17-11-4)30-26-32(13-6)25-20-15-9-2/h13,26,31,35H,6,8-12,14-25,27-30H2,1-5,7H3. The van der Waals surface area contributed by atoms with Crippen molar-refractivity contribution < 1.29 is 5.11 Å². The van der Waals surface area contributed by atoms with Crippen LogP contribution in [0.15, 0.2) is 24.3 Å². The Morgan fingerprint density at radius 3 is 1.63 bits per heavy atom. The van der Waals surface area contributed by atoms with Gasteiger partial charge in [-0.15, -0.1) is 0 Å². The third-order valence-corrected chi connectivity index (χ3v) is 8.74. The van der Waals surface area contributed by atoms with Crippen molar-refractivity contribution >= 4 is 0 Å². The van der Waals surface area contributed by atoms with E-state index in [0.717, 1.165) is 32.1 Å². The number of aliphatic hydroxyl groups is 1. The van der Waals surface area contributed by atoms with Crippen LogP contribution in [0.5, 0.6) is 0 Å². The van der Waals surface area contributed by atoms with Gasteiger partial charge in [-0.25, -0.2) is 0 Å². The molecule has 0 rings (SSSR count). The van der Waals surface area contributed by atoms with Crippen LogP contribution < -0.4 is 0 Å². The third-order valence-electron chi connectivity index (χ3n) is 8.74. The first-order chi connectivity index (χ1) is 16.9. The number of allylic oxidation sites excluding steroid dienone is 3. The SMILES string of the molecule is C=CC(=CCC(CCCCC)(CCCCC)C(O)(CCCCC)C(C)CCCCC)CCCCC. The Hall–Kier alpha value is -0.560. The zero-order valence-electron chi connectivity index (χ0n) is 25.2. The van der Waals surface area contributed by atoms with Crippen molar-refractivity contribution in [2.24, 2.45) is 11.3 Å². The zero-order chi connectivity index (χ0) is 26.4. The molecule has 0 aromatic heterocycles. The van der Waals surface area contributed by atoms with Gasteiger partial charge >= 0.3 is 0 Å². The molecule has 1 heteroatoms. The quantitative estimate of drug-likeness (QED) is 0.0996. The van der Waals surface area contributed by atoms with Crippen molar-refractivity contribution in [3.05, 3.63) is 24.3 Å². The maximum Gasteiger partial charge on any atom is 0.0732 e. The van der Waals surface area contributed by atoms with Gasteiger partial charge in [0.15, 0.2) is 0 Å². The number of rotatable bonds is 25. The molecule has 0 aromatic carbocycles. The van der Waals surface area contributed by atoms with Crippen LogP contribution in [-0.2, 0) is 0 Å². The highest BCUT2D eigenvalue weighted by atomic mass is 16.3. The van der Waals surface area contributed by atoms with Crippen LogP contribution in [0, 0.1) is 11.3 Å². The van der Waals surface area contributed by atoms with Gasteiger partial charge in [-0.2, -0.15) is 0 Å². The van der Waals surface area contributed by atoms with E-state index in [-0.39, 0.29) is 5.41 Å². The Balaban J connectivity index is 6.32. The highest BCUT2D eigenvalue weighted by Gasteiger charge is 2.50. The van der Waals surface area contributed by atoms with Crippen LogP contribution in [0.25, 0.3) is 0 Å². The fourth-order valence-electron chi connectivity index (χ4n) is 6.18. The molecule has 2 unspecified atom stereocenters. The van der Waals surface area contributed by atoms with E-state index in [1.807, 2.05) is 0 Å². The molecule has 0 aliphatic heterocycles. The summed E-state index contributed by atoms with van der Waals surface area (Å²) in [6.07, 6.45) is 30.0. The monoisotopic (exact) mass is 491 g/mol. The molecular formula is C34H66O. The third kappa shape index (κ3) is 13.0. The topological polar surface area (TPSA) is 20.2 Å². The number of hydrogen-bond acceptors (Lipinski definition) is 1. The van der Waals surface area contributed by atoms with Gasteiger partial charge in [0.05, 0.1) is 5.60 Å².